The summed E-state index contributed by atoms with van der Waals surface area (Å²) >= 11 is 0. The molecule has 0 aromatic rings. The number of hydrogen-bond donors (Lipinski definition) is 0. The van der Waals surface area contributed by atoms with E-state index in [9.17, 15) is 9.59 Å². The minimum atomic E-state index is -0.344. The SMILES string of the molecule is CC#CC(CC)OC(=O)CCCC(=O)OC(C)CCCC. The van der Waals surface area contributed by atoms with E-state index in [4.69, 9.17) is 9.47 Å². The van der Waals surface area contributed by atoms with Gasteiger partial charge in [-0.05, 0) is 33.1 Å². The van der Waals surface area contributed by atoms with Gasteiger partial charge in [-0.1, -0.05) is 32.6 Å². The minimum Gasteiger partial charge on any atom is -0.463 e. The lowest BCUT2D eigenvalue weighted by Crippen LogP contribution is -2.17. The third-order valence-corrected chi connectivity index (χ3v) is 3.01. The minimum absolute atomic E-state index is 0.0475. The van der Waals surface area contributed by atoms with E-state index in [2.05, 4.69) is 18.8 Å². The molecule has 0 rings (SSSR count). The average Bonchev–Trinajstić information content (AvgIpc) is 2.44. The lowest BCUT2D eigenvalue weighted by Gasteiger charge is -2.13. The fourth-order valence-corrected chi connectivity index (χ4v) is 1.80. The molecule has 0 spiro atoms. The van der Waals surface area contributed by atoms with Crippen molar-refractivity contribution >= 4 is 11.9 Å². The van der Waals surface area contributed by atoms with Crippen LogP contribution in [-0.2, 0) is 19.1 Å². The Kier molecular flexibility index (Phi) is 11.4. The van der Waals surface area contributed by atoms with Crippen LogP contribution in [0.5, 0.6) is 0 Å². The molecule has 0 aliphatic carbocycles. The summed E-state index contributed by atoms with van der Waals surface area (Å²) in [5, 5.41) is 0. The lowest BCUT2D eigenvalue weighted by atomic mass is 10.2. The Bertz CT molecular complexity index is 365. The van der Waals surface area contributed by atoms with Gasteiger partial charge in [0.15, 0.2) is 6.10 Å². The molecule has 0 aliphatic rings. The third-order valence-electron chi connectivity index (χ3n) is 3.01. The van der Waals surface area contributed by atoms with Crippen LogP contribution in [0.3, 0.4) is 0 Å². The fourth-order valence-electron chi connectivity index (χ4n) is 1.80. The van der Waals surface area contributed by atoms with Gasteiger partial charge in [-0.3, -0.25) is 9.59 Å². The molecule has 0 saturated heterocycles. The zero-order valence-corrected chi connectivity index (χ0v) is 13.7. The van der Waals surface area contributed by atoms with E-state index in [-0.39, 0.29) is 37.0 Å². The van der Waals surface area contributed by atoms with Crippen LogP contribution in [0.4, 0.5) is 0 Å². The first kappa shape index (κ1) is 19.5. The summed E-state index contributed by atoms with van der Waals surface area (Å²) in [6, 6.07) is 0. The predicted molar refractivity (Wildman–Crippen MR) is 82.6 cm³/mol. The molecule has 4 nitrogen and oxygen atoms in total. The zero-order valence-electron chi connectivity index (χ0n) is 13.7. The molecule has 2 unspecified atom stereocenters. The van der Waals surface area contributed by atoms with E-state index in [1.165, 1.54) is 0 Å². The van der Waals surface area contributed by atoms with Crippen molar-refractivity contribution < 1.29 is 19.1 Å². The summed E-state index contributed by atoms with van der Waals surface area (Å²) in [7, 11) is 0. The van der Waals surface area contributed by atoms with Crippen molar-refractivity contribution in [3.8, 4) is 11.8 Å². The van der Waals surface area contributed by atoms with Gasteiger partial charge in [-0.15, -0.1) is 5.92 Å². The van der Waals surface area contributed by atoms with Gasteiger partial charge in [0.1, 0.15) is 0 Å². The Morgan fingerprint density at radius 1 is 1.05 bits per heavy atom. The van der Waals surface area contributed by atoms with E-state index in [0.717, 1.165) is 19.3 Å². The molecule has 0 aliphatic heterocycles. The van der Waals surface area contributed by atoms with Crippen molar-refractivity contribution in [2.45, 2.75) is 84.8 Å². The number of hydrogen-bond acceptors (Lipinski definition) is 4. The highest BCUT2D eigenvalue weighted by molar-refractivity contribution is 5.72. The number of carbonyl (C=O) groups is 2. The van der Waals surface area contributed by atoms with Crippen molar-refractivity contribution in [2.24, 2.45) is 0 Å². The van der Waals surface area contributed by atoms with Crippen molar-refractivity contribution in [2.75, 3.05) is 0 Å². The average molecular weight is 296 g/mol. The summed E-state index contributed by atoms with van der Waals surface area (Å²) < 4.78 is 10.5. The van der Waals surface area contributed by atoms with Crippen molar-refractivity contribution in [1.29, 1.82) is 0 Å². The summed E-state index contributed by atoms with van der Waals surface area (Å²) in [4.78, 5) is 23.2. The Morgan fingerprint density at radius 3 is 2.19 bits per heavy atom. The molecule has 21 heavy (non-hydrogen) atoms. The molecule has 0 amide bonds. The van der Waals surface area contributed by atoms with Crippen LogP contribution < -0.4 is 0 Å². The van der Waals surface area contributed by atoms with Gasteiger partial charge >= 0.3 is 11.9 Å². The molecule has 0 bridgehead atoms. The van der Waals surface area contributed by atoms with E-state index >= 15 is 0 Å². The first-order valence-corrected chi connectivity index (χ1v) is 7.84. The molecule has 0 saturated carbocycles. The van der Waals surface area contributed by atoms with Gasteiger partial charge in [-0.25, -0.2) is 0 Å². The quantitative estimate of drug-likeness (QED) is 0.456. The number of carbonyl (C=O) groups excluding carboxylic acids is 2. The Balaban J connectivity index is 3.83. The molecule has 120 valence electrons. The van der Waals surface area contributed by atoms with Crippen molar-refractivity contribution in [3.63, 3.8) is 0 Å². The Labute approximate surface area is 128 Å². The maximum atomic E-state index is 11.6. The van der Waals surface area contributed by atoms with Gasteiger partial charge < -0.3 is 9.47 Å². The van der Waals surface area contributed by atoms with Gasteiger partial charge in [0, 0.05) is 12.8 Å². The largest absolute Gasteiger partial charge is 0.463 e. The second-order valence-electron chi connectivity index (χ2n) is 5.08. The second-order valence-corrected chi connectivity index (χ2v) is 5.08. The molecule has 0 aromatic carbocycles. The number of esters is 2. The van der Waals surface area contributed by atoms with Gasteiger partial charge in [0.2, 0.25) is 0 Å². The monoisotopic (exact) mass is 296 g/mol. The van der Waals surface area contributed by atoms with Crippen LogP contribution >= 0.6 is 0 Å². The first-order valence-electron chi connectivity index (χ1n) is 7.84. The lowest BCUT2D eigenvalue weighted by molar-refractivity contribution is -0.149. The van der Waals surface area contributed by atoms with Crippen LogP contribution in [0, 0.1) is 11.8 Å². The molecular formula is C17H28O4. The smallest absolute Gasteiger partial charge is 0.307 e. The molecule has 0 radical (unpaired) electrons. The standard InChI is InChI=1S/C17H28O4/c1-5-8-11-14(4)20-16(18)12-9-13-17(19)21-15(7-3)10-6-2/h14-15H,5,7-9,11-13H2,1-4H3. The highest BCUT2D eigenvalue weighted by Crippen LogP contribution is 2.08. The molecule has 4 heteroatoms. The van der Waals surface area contributed by atoms with Crippen molar-refractivity contribution in [1.82, 2.24) is 0 Å². The van der Waals surface area contributed by atoms with Crippen LogP contribution in [0.25, 0.3) is 0 Å². The summed E-state index contributed by atoms with van der Waals surface area (Å²) in [6.07, 6.45) is 4.24. The van der Waals surface area contributed by atoms with Gasteiger partial charge in [0.25, 0.3) is 0 Å². The van der Waals surface area contributed by atoms with E-state index in [1.807, 2.05) is 13.8 Å². The molecule has 0 aromatic heterocycles. The van der Waals surface area contributed by atoms with E-state index in [1.54, 1.807) is 6.92 Å². The fraction of sp³-hybridized carbons (Fsp3) is 0.765. The summed E-state index contributed by atoms with van der Waals surface area (Å²) in [5.41, 5.74) is 0. The Hall–Kier alpha value is -1.50. The third kappa shape index (κ3) is 10.9. The highest BCUT2D eigenvalue weighted by atomic mass is 16.5. The molecule has 0 N–H and O–H groups in total. The summed E-state index contributed by atoms with van der Waals surface area (Å²) in [6.45, 7) is 7.63. The maximum Gasteiger partial charge on any atom is 0.307 e. The second kappa shape index (κ2) is 12.3. The summed E-state index contributed by atoms with van der Waals surface area (Å²) in [5.74, 6) is 5.01. The van der Waals surface area contributed by atoms with E-state index in [0.29, 0.717) is 12.8 Å². The highest BCUT2D eigenvalue weighted by Gasteiger charge is 2.13. The van der Waals surface area contributed by atoms with Gasteiger partial charge in [0.05, 0.1) is 6.10 Å². The zero-order chi connectivity index (χ0) is 16.1. The van der Waals surface area contributed by atoms with Crippen LogP contribution in [0.15, 0.2) is 0 Å². The maximum absolute atomic E-state index is 11.6. The predicted octanol–water partition coefficient (Wildman–Crippen LogP) is 3.62. The first-order chi connectivity index (χ1) is 10.0. The van der Waals surface area contributed by atoms with E-state index < -0.39 is 0 Å². The molecular weight excluding hydrogens is 268 g/mol. The number of ether oxygens (including phenoxy) is 2. The molecule has 0 fully saturated rings. The number of rotatable bonds is 10. The Morgan fingerprint density at radius 2 is 1.67 bits per heavy atom. The van der Waals surface area contributed by atoms with Crippen LogP contribution in [0.1, 0.15) is 72.6 Å². The molecule has 0 heterocycles. The topological polar surface area (TPSA) is 52.6 Å². The normalized spacial score (nSPS) is 12.8. The number of unbranched alkanes of at least 4 members (excludes halogenated alkanes) is 1. The van der Waals surface area contributed by atoms with Crippen LogP contribution in [-0.4, -0.2) is 24.1 Å². The molecule has 2 atom stereocenters. The van der Waals surface area contributed by atoms with Crippen molar-refractivity contribution in [3.05, 3.63) is 0 Å². The van der Waals surface area contributed by atoms with Gasteiger partial charge in [-0.2, -0.15) is 0 Å². The van der Waals surface area contributed by atoms with Crippen LogP contribution in [0.2, 0.25) is 0 Å².